The van der Waals surface area contributed by atoms with E-state index in [0.29, 0.717) is 35.2 Å². The third-order valence-electron chi connectivity index (χ3n) is 16.9. The highest BCUT2D eigenvalue weighted by Crippen LogP contribution is 2.21. The van der Waals surface area contributed by atoms with Crippen molar-refractivity contribution >= 4 is 123 Å². The standard InChI is InChI=1S/C67H100N16O24/c1-8-33(4)16-11-9-10-12-20-48(85)76-42(24-37-29-70-39-18-14-13-17-38(37)39)63(102)79-43(25-47(69)84)64(103)81-46(28-54(94)95)65(104)83-56-36(7)107-67(106)55(32(2)3)82-61(100)41(21-22-51(88)89)77-57(96)34(5)73-49(86)30-71-59(98)44(26-52(90)91)78-58(97)35(6)74-62(101)45(27-53(92)93)80-60(99)40(19-15-23-68)75-50(87)31-72-66(56)105/h13-14,17-18,29,32-36,40-46,55-56,70H,8-12,15-16,19-28,30-31,68H2,1-7H3,(H2,69,84)(H,71,98)(H,72,105)(H,73,86)(H,74,101)(H,75,87)(H,76,85)(H,77,96)(H,78,97)(H,79,102)(H,80,99)(H,81,103)(H,82,100)(H,83,104)(H,88,89)(H,90,91)(H,92,93)(H,94,95). The van der Waals surface area contributed by atoms with E-state index in [9.17, 15) is 112 Å². The topological polar surface area (TPSA) is 639 Å². The van der Waals surface area contributed by atoms with Gasteiger partial charge in [-0.05, 0) is 76.5 Å². The number of unbranched alkanes of at least 4 members (excludes halogenated alkanes) is 3. The highest BCUT2D eigenvalue weighted by atomic mass is 16.5. The fraction of sp³-hybridized carbons (Fsp3) is 0.597. The molecule has 1 aliphatic rings. The Morgan fingerprint density at radius 3 is 1.67 bits per heavy atom. The summed E-state index contributed by atoms with van der Waals surface area (Å²) in [5, 5.41) is 68.6. The van der Waals surface area contributed by atoms with Gasteiger partial charge in [0.1, 0.15) is 72.6 Å². The second-order valence-electron chi connectivity index (χ2n) is 26.2. The van der Waals surface area contributed by atoms with Crippen molar-refractivity contribution in [1.29, 1.82) is 0 Å². The number of carboxylic acids is 4. The third kappa shape index (κ3) is 32.3. The zero-order chi connectivity index (χ0) is 80.4. The molecule has 0 radical (unpaired) electrons. The Bertz CT molecular complexity index is 3550. The maximum Gasteiger partial charge on any atom is 0.329 e. The Balaban J connectivity index is 2.15. The van der Waals surface area contributed by atoms with Gasteiger partial charge in [0, 0.05) is 36.4 Å². The molecule has 40 nitrogen and oxygen atoms in total. The first-order valence-electron chi connectivity index (χ1n) is 34.8. The number of fused-ring (bicyclic) bond motifs is 1. The Morgan fingerprint density at radius 2 is 1.08 bits per heavy atom. The van der Waals surface area contributed by atoms with Crippen LogP contribution in [0.5, 0.6) is 0 Å². The molecule has 0 bridgehead atoms. The smallest absolute Gasteiger partial charge is 0.329 e. The monoisotopic (exact) mass is 1510 g/mol. The first-order chi connectivity index (χ1) is 50.3. The maximum atomic E-state index is 14.6. The van der Waals surface area contributed by atoms with Crippen LogP contribution in [0.1, 0.15) is 150 Å². The molecule has 0 aliphatic carbocycles. The van der Waals surface area contributed by atoms with Gasteiger partial charge in [-0.25, -0.2) is 4.79 Å². The van der Waals surface area contributed by atoms with Crippen LogP contribution in [-0.2, 0) is 102 Å². The van der Waals surface area contributed by atoms with E-state index in [1.807, 2.05) is 0 Å². The lowest BCUT2D eigenvalue weighted by Gasteiger charge is -2.30. The van der Waals surface area contributed by atoms with Gasteiger partial charge in [-0.2, -0.15) is 0 Å². The van der Waals surface area contributed by atoms with E-state index in [2.05, 4.69) is 87.9 Å². The normalized spacial score (nSPS) is 22.0. The number of carbonyl (C=O) groups excluding carboxylic acids is 15. The number of nitrogens with two attached hydrogens (primary N) is 2. The van der Waals surface area contributed by atoms with Crippen molar-refractivity contribution in [2.75, 3.05) is 19.6 Å². The third-order valence-corrected chi connectivity index (χ3v) is 16.9. The summed E-state index contributed by atoms with van der Waals surface area (Å²) in [7, 11) is 0. The fourth-order valence-corrected chi connectivity index (χ4v) is 10.7. The largest absolute Gasteiger partial charge is 0.481 e. The average Bonchev–Trinajstić information content (AvgIpc) is 1.72. The SMILES string of the molecule is CCC(C)CCCCCCC(=O)NC(Cc1c[nH]c2ccccc12)C(=O)NC(CC(N)=O)C(=O)NC(CC(=O)O)C(=O)NC1C(=O)NCC(=O)NC(CCCN)C(=O)NC(CC(=O)O)C(=O)NC(C)C(=O)NC(CC(=O)O)C(=O)NCC(=O)NC(C)C(=O)NC(CCC(=O)O)C(=O)NC(C(C)C)C(=O)OC1C. The molecule has 40 heteroatoms. The van der Waals surface area contributed by atoms with Crippen molar-refractivity contribution in [3.63, 3.8) is 0 Å². The van der Waals surface area contributed by atoms with Crippen LogP contribution in [0.2, 0.25) is 0 Å². The lowest BCUT2D eigenvalue weighted by Crippen LogP contribution is -2.61. The molecule has 1 fully saturated rings. The number of hydrogen-bond acceptors (Lipinski definition) is 21. The number of hydrogen-bond donors (Lipinski definition) is 20. The quantitative estimate of drug-likeness (QED) is 0.0241. The van der Waals surface area contributed by atoms with Crippen LogP contribution in [-0.4, -0.2) is 230 Å². The lowest BCUT2D eigenvalue weighted by molar-refractivity contribution is -0.157. The minimum absolute atomic E-state index is 0.00604. The zero-order valence-corrected chi connectivity index (χ0v) is 60.5. The van der Waals surface area contributed by atoms with Crippen molar-refractivity contribution in [1.82, 2.24) is 74.1 Å². The predicted molar refractivity (Wildman–Crippen MR) is 374 cm³/mol. The summed E-state index contributed by atoms with van der Waals surface area (Å²) in [5.41, 5.74) is 12.5. The first kappa shape index (κ1) is 89.9. The number of primary amides is 1. The summed E-state index contributed by atoms with van der Waals surface area (Å²) in [6.45, 7) is 7.74. The van der Waals surface area contributed by atoms with Gasteiger partial charge < -0.3 is 111 Å². The van der Waals surface area contributed by atoms with Crippen LogP contribution in [0.4, 0.5) is 0 Å². The van der Waals surface area contributed by atoms with Crippen LogP contribution in [0, 0.1) is 11.8 Å². The molecule has 1 aromatic carbocycles. The number of carboxylic acid groups (broad SMARTS) is 4. The van der Waals surface area contributed by atoms with Gasteiger partial charge in [-0.1, -0.05) is 78.0 Å². The molecule has 0 spiro atoms. The van der Waals surface area contributed by atoms with Crippen molar-refractivity contribution in [3.05, 3.63) is 36.0 Å². The fourth-order valence-electron chi connectivity index (χ4n) is 10.7. The molecule has 0 saturated carbocycles. The van der Waals surface area contributed by atoms with Gasteiger partial charge in [-0.15, -0.1) is 0 Å². The molecule has 592 valence electrons. The molecule has 13 atom stereocenters. The molecule has 1 saturated heterocycles. The molecule has 22 N–H and O–H groups in total. The van der Waals surface area contributed by atoms with Crippen LogP contribution >= 0.6 is 0 Å². The molecule has 2 aromatic rings. The Morgan fingerprint density at radius 1 is 0.551 bits per heavy atom. The first-order valence-corrected chi connectivity index (χ1v) is 34.8. The summed E-state index contributed by atoms with van der Waals surface area (Å²) in [6.07, 6.45) is -2.03. The molecule has 13 unspecified atom stereocenters. The van der Waals surface area contributed by atoms with Crippen LogP contribution < -0.4 is 80.6 Å². The number of para-hydroxylation sites is 1. The van der Waals surface area contributed by atoms with E-state index in [1.54, 1.807) is 30.5 Å². The Kier molecular flexibility index (Phi) is 37.9. The van der Waals surface area contributed by atoms with Crippen molar-refractivity contribution in [2.24, 2.45) is 23.3 Å². The number of benzene rings is 1. The number of amides is 14. The number of aromatic nitrogens is 1. The number of nitrogens with one attached hydrogen (secondary N) is 14. The molecule has 107 heavy (non-hydrogen) atoms. The molecule has 2 heterocycles. The lowest BCUT2D eigenvalue weighted by atomic mass is 10.00. The van der Waals surface area contributed by atoms with Crippen molar-refractivity contribution in [3.8, 4) is 0 Å². The van der Waals surface area contributed by atoms with Crippen molar-refractivity contribution in [2.45, 2.75) is 224 Å². The van der Waals surface area contributed by atoms with E-state index < -0.39 is 243 Å². The summed E-state index contributed by atoms with van der Waals surface area (Å²) >= 11 is 0. The van der Waals surface area contributed by atoms with Gasteiger partial charge in [-0.3, -0.25) is 86.3 Å². The minimum Gasteiger partial charge on any atom is -0.481 e. The summed E-state index contributed by atoms with van der Waals surface area (Å²) in [4.78, 5) is 258. The number of H-pyrrole nitrogens is 1. The van der Waals surface area contributed by atoms with E-state index in [-0.39, 0.29) is 32.2 Å². The predicted octanol–water partition coefficient (Wildman–Crippen LogP) is -4.79. The molecule has 1 aliphatic heterocycles. The molecule has 14 amide bonds. The van der Waals surface area contributed by atoms with E-state index in [0.717, 1.165) is 46.5 Å². The number of aromatic amines is 1. The van der Waals surface area contributed by atoms with Gasteiger partial charge in [0.25, 0.3) is 0 Å². The van der Waals surface area contributed by atoms with Crippen LogP contribution in [0.3, 0.4) is 0 Å². The number of cyclic esters (lactones) is 1. The van der Waals surface area contributed by atoms with E-state index in [1.165, 1.54) is 13.8 Å². The van der Waals surface area contributed by atoms with Crippen LogP contribution in [0.15, 0.2) is 30.5 Å². The van der Waals surface area contributed by atoms with Gasteiger partial charge in [0.05, 0.1) is 38.8 Å². The summed E-state index contributed by atoms with van der Waals surface area (Å²) in [6, 6.07) is -13.7. The number of carbonyl (C=O) groups is 19. The Labute approximate surface area is 614 Å². The molecule has 3 rings (SSSR count). The molecular weight excluding hydrogens is 1410 g/mol. The van der Waals surface area contributed by atoms with E-state index in [4.69, 9.17) is 16.2 Å². The second kappa shape index (κ2) is 45.1. The summed E-state index contributed by atoms with van der Waals surface area (Å²) < 4.78 is 5.65. The molecular formula is C67H100N16O24. The van der Waals surface area contributed by atoms with E-state index >= 15 is 0 Å². The number of rotatable bonds is 32. The van der Waals surface area contributed by atoms with Crippen LogP contribution in [0.25, 0.3) is 10.9 Å². The Hall–Kier alpha value is -11.3. The van der Waals surface area contributed by atoms with Gasteiger partial charge >= 0.3 is 29.8 Å². The average molecular weight is 1510 g/mol. The minimum atomic E-state index is -2.29. The molecule has 1 aromatic heterocycles. The number of esters is 1. The second-order valence-corrected chi connectivity index (χ2v) is 26.2. The van der Waals surface area contributed by atoms with Gasteiger partial charge in [0.15, 0.2) is 0 Å². The number of ether oxygens (including phenoxy) is 1. The highest BCUT2D eigenvalue weighted by Gasteiger charge is 2.40. The zero-order valence-electron chi connectivity index (χ0n) is 60.5. The van der Waals surface area contributed by atoms with Gasteiger partial charge in [0.2, 0.25) is 82.7 Å². The highest BCUT2D eigenvalue weighted by molar-refractivity contribution is 6.02. The summed E-state index contributed by atoms with van der Waals surface area (Å²) in [5.74, 6) is -25.6. The number of aliphatic carboxylic acids is 4. The maximum absolute atomic E-state index is 14.6. The van der Waals surface area contributed by atoms with Crippen molar-refractivity contribution < 1.29 is 116 Å².